The summed E-state index contributed by atoms with van der Waals surface area (Å²) in [7, 11) is 0. The Balaban J connectivity index is 2.81. The molecule has 0 aliphatic rings. The number of rotatable bonds is 2. The minimum atomic E-state index is 0.118. The predicted octanol–water partition coefficient (Wildman–Crippen LogP) is 2.01. The highest BCUT2D eigenvalue weighted by atomic mass is 14.9. The highest BCUT2D eigenvalue weighted by molar-refractivity contribution is 5.11. The van der Waals surface area contributed by atoms with E-state index in [4.69, 9.17) is 5.73 Å². The van der Waals surface area contributed by atoms with Gasteiger partial charge in [0.05, 0.1) is 0 Å². The summed E-state index contributed by atoms with van der Waals surface area (Å²) in [5.74, 6) is 0.825. The zero-order chi connectivity index (χ0) is 11.6. The van der Waals surface area contributed by atoms with Crippen LogP contribution < -0.4 is 5.73 Å². The van der Waals surface area contributed by atoms with Crippen LogP contribution in [-0.2, 0) is 6.42 Å². The lowest BCUT2D eigenvalue weighted by molar-refractivity contribution is 0.316. The van der Waals surface area contributed by atoms with Crippen LogP contribution in [0.25, 0.3) is 0 Å². The molecule has 0 aliphatic heterocycles. The summed E-state index contributed by atoms with van der Waals surface area (Å²) in [4.78, 5) is 8.65. The molecule has 1 atom stereocenters. The van der Waals surface area contributed by atoms with Gasteiger partial charge in [0.25, 0.3) is 0 Å². The number of aromatic nitrogens is 2. The maximum atomic E-state index is 6.12. The van der Waals surface area contributed by atoms with Crippen LogP contribution >= 0.6 is 0 Å². The third-order valence-corrected chi connectivity index (χ3v) is 2.56. The van der Waals surface area contributed by atoms with Gasteiger partial charge in [0.2, 0.25) is 0 Å². The first-order chi connectivity index (χ1) is 6.79. The normalized spacial score (nSPS) is 14.0. The summed E-state index contributed by atoms with van der Waals surface area (Å²) in [6.07, 6.45) is 0.813. The van der Waals surface area contributed by atoms with Crippen molar-refractivity contribution in [2.24, 2.45) is 11.1 Å². The minimum Gasteiger partial charge on any atom is -0.327 e. The van der Waals surface area contributed by atoms with Gasteiger partial charge in [0.1, 0.15) is 5.82 Å². The first-order valence-electron chi connectivity index (χ1n) is 5.36. The molecule has 3 nitrogen and oxygen atoms in total. The molecule has 15 heavy (non-hydrogen) atoms. The van der Waals surface area contributed by atoms with E-state index < -0.39 is 0 Å². The van der Waals surface area contributed by atoms with Crippen LogP contribution in [0.4, 0.5) is 0 Å². The highest BCUT2D eigenvalue weighted by Crippen LogP contribution is 2.20. The topological polar surface area (TPSA) is 51.8 Å². The van der Waals surface area contributed by atoms with E-state index in [0.717, 1.165) is 23.6 Å². The maximum absolute atomic E-state index is 6.12. The summed E-state index contributed by atoms with van der Waals surface area (Å²) >= 11 is 0. The first-order valence-corrected chi connectivity index (χ1v) is 5.36. The van der Waals surface area contributed by atoms with Crippen molar-refractivity contribution in [2.75, 3.05) is 0 Å². The molecule has 3 heteroatoms. The van der Waals surface area contributed by atoms with Crippen LogP contribution in [-0.4, -0.2) is 16.0 Å². The Bertz CT molecular complexity index is 319. The zero-order valence-electron chi connectivity index (χ0n) is 10.3. The van der Waals surface area contributed by atoms with Crippen molar-refractivity contribution in [3.8, 4) is 0 Å². The number of hydrogen-bond donors (Lipinski definition) is 1. The summed E-state index contributed by atoms with van der Waals surface area (Å²) < 4.78 is 0. The maximum Gasteiger partial charge on any atom is 0.125 e. The fourth-order valence-corrected chi connectivity index (χ4v) is 1.43. The smallest absolute Gasteiger partial charge is 0.125 e. The van der Waals surface area contributed by atoms with Crippen LogP contribution in [0.15, 0.2) is 6.07 Å². The van der Waals surface area contributed by atoms with Crippen molar-refractivity contribution in [3.05, 3.63) is 23.3 Å². The van der Waals surface area contributed by atoms with Crippen molar-refractivity contribution in [2.45, 2.75) is 47.1 Å². The van der Waals surface area contributed by atoms with Crippen molar-refractivity contribution in [1.29, 1.82) is 0 Å². The molecule has 1 heterocycles. The van der Waals surface area contributed by atoms with E-state index in [2.05, 4.69) is 30.7 Å². The molecule has 0 aliphatic carbocycles. The van der Waals surface area contributed by atoms with Gasteiger partial charge in [-0.2, -0.15) is 0 Å². The molecule has 0 aromatic carbocycles. The van der Waals surface area contributed by atoms with E-state index in [0.29, 0.717) is 0 Å². The molecule has 0 amide bonds. The van der Waals surface area contributed by atoms with E-state index >= 15 is 0 Å². The van der Waals surface area contributed by atoms with E-state index in [-0.39, 0.29) is 11.5 Å². The van der Waals surface area contributed by atoms with Gasteiger partial charge >= 0.3 is 0 Å². The fraction of sp³-hybridized carbons (Fsp3) is 0.667. The van der Waals surface area contributed by atoms with Gasteiger partial charge in [-0.05, 0) is 25.3 Å². The highest BCUT2D eigenvalue weighted by Gasteiger charge is 2.21. The Kier molecular flexibility index (Phi) is 3.45. The standard InChI is InChI=1S/C12H21N3/c1-8-6-10(15-9(2)14-8)7-11(13)12(3,4)5/h6,11H,7,13H2,1-5H3. The molecular weight excluding hydrogens is 186 g/mol. The van der Waals surface area contributed by atoms with Crippen molar-refractivity contribution in [3.63, 3.8) is 0 Å². The third kappa shape index (κ3) is 3.59. The molecule has 2 N–H and O–H groups in total. The second kappa shape index (κ2) is 4.27. The summed E-state index contributed by atoms with van der Waals surface area (Å²) in [5.41, 5.74) is 8.30. The van der Waals surface area contributed by atoms with Crippen LogP contribution in [0.2, 0.25) is 0 Å². The molecule has 0 saturated heterocycles. The molecule has 1 aromatic heterocycles. The number of nitrogens with two attached hydrogens (primary N) is 1. The van der Waals surface area contributed by atoms with Crippen molar-refractivity contribution < 1.29 is 0 Å². The van der Waals surface area contributed by atoms with E-state index in [1.54, 1.807) is 0 Å². The van der Waals surface area contributed by atoms with Gasteiger partial charge in [0.15, 0.2) is 0 Å². The molecule has 0 bridgehead atoms. The van der Waals surface area contributed by atoms with Gasteiger partial charge in [0, 0.05) is 23.9 Å². The van der Waals surface area contributed by atoms with E-state index in [1.807, 2.05) is 19.9 Å². The molecule has 0 spiro atoms. The number of nitrogens with zero attached hydrogens (tertiary/aromatic N) is 2. The summed E-state index contributed by atoms with van der Waals surface area (Å²) in [5, 5.41) is 0. The van der Waals surface area contributed by atoms with Crippen LogP contribution in [0.1, 0.15) is 38.0 Å². The molecular formula is C12H21N3. The van der Waals surface area contributed by atoms with Crippen molar-refractivity contribution >= 4 is 0 Å². The first kappa shape index (κ1) is 12.1. The second-order valence-corrected chi connectivity index (χ2v) is 5.22. The average Bonchev–Trinajstić information content (AvgIpc) is 1.99. The van der Waals surface area contributed by atoms with Gasteiger partial charge in [-0.1, -0.05) is 20.8 Å². The lowest BCUT2D eigenvalue weighted by Gasteiger charge is -2.26. The predicted molar refractivity (Wildman–Crippen MR) is 62.6 cm³/mol. The second-order valence-electron chi connectivity index (χ2n) is 5.22. The van der Waals surface area contributed by atoms with Gasteiger partial charge in [-0.3, -0.25) is 0 Å². The Labute approximate surface area is 92.1 Å². The molecule has 0 radical (unpaired) electrons. The minimum absolute atomic E-state index is 0.118. The molecule has 1 unspecified atom stereocenters. The third-order valence-electron chi connectivity index (χ3n) is 2.56. The average molecular weight is 207 g/mol. The Morgan fingerprint density at radius 3 is 2.33 bits per heavy atom. The number of hydrogen-bond acceptors (Lipinski definition) is 3. The molecule has 0 fully saturated rings. The Hall–Kier alpha value is -0.960. The lowest BCUT2D eigenvalue weighted by Crippen LogP contribution is -2.37. The fourth-order valence-electron chi connectivity index (χ4n) is 1.43. The Morgan fingerprint density at radius 2 is 1.87 bits per heavy atom. The van der Waals surface area contributed by atoms with Gasteiger partial charge in [-0.15, -0.1) is 0 Å². The van der Waals surface area contributed by atoms with Gasteiger partial charge < -0.3 is 5.73 Å². The molecule has 0 saturated carbocycles. The van der Waals surface area contributed by atoms with Crippen LogP contribution in [0, 0.1) is 19.3 Å². The lowest BCUT2D eigenvalue weighted by atomic mass is 9.85. The molecule has 1 aromatic rings. The molecule has 84 valence electrons. The van der Waals surface area contributed by atoms with E-state index in [9.17, 15) is 0 Å². The summed E-state index contributed by atoms with van der Waals surface area (Å²) in [6.45, 7) is 10.4. The molecule has 1 rings (SSSR count). The van der Waals surface area contributed by atoms with E-state index in [1.165, 1.54) is 0 Å². The zero-order valence-corrected chi connectivity index (χ0v) is 10.3. The monoisotopic (exact) mass is 207 g/mol. The Morgan fingerprint density at radius 1 is 1.27 bits per heavy atom. The van der Waals surface area contributed by atoms with Crippen molar-refractivity contribution in [1.82, 2.24) is 9.97 Å². The SMILES string of the molecule is Cc1cc(CC(N)C(C)(C)C)nc(C)n1. The summed E-state index contributed by atoms with van der Waals surface area (Å²) in [6, 6.07) is 2.14. The number of aryl methyl sites for hydroxylation is 2. The quantitative estimate of drug-likeness (QED) is 0.807. The van der Waals surface area contributed by atoms with Crippen LogP contribution in [0.5, 0.6) is 0 Å². The van der Waals surface area contributed by atoms with Crippen LogP contribution in [0.3, 0.4) is 0 Å². The largest absolute Gasteiger partial charge is 0.327 e. The van der Waals surface area contributed by atoms with Gasteiger partial charge in [-0.25, -0.2) is 9.97 Å².